The van der Waals surface area contributed by atoms with E-state index >= 15 is 4.39 Å². The fraction of sp³-hybridized carbons (Fsp3) is 0.525. The second kappa shape index (κ2) is 15.7. The molecule has 10 nitrogen and oxygen atoms in total. The van der Waals surface area contributed by atoms with Crippen LogP contribution in [0.4, 0.5) is 19.7 Å². The number of carbonyl (C=O) groups excluding carboxylic acids is 2. The Morgan fingerprint density at radius 2 is 1.67 bits per heavy atom. The van der Waals surface area contributed by atoms with Crippen LogP contribution in [-0.2, 0) is 9.47 Å². The number of unbranched alkanes of at least 4 members (excludes halogenated alkanes) is 1. The second-order valence-corrected chi connectivity index (χ2v) is 15.4. The van der Waals surface area contributed by atoms with Crippen molar-refractivity contribution in [1.82, 2.24) is 14.8 Å². The average Bonchev–Trinajstić information content (AvgIpc) is 3.48. The largest absolute Gasteiger partial charge is 0.492 e. The van der Waals surface area contributed by atoms with Crippen molar-refractivity contribution < 1.29 is 32.9 Å². The number of likely N-dealkylation sites (N-methyl/N-ethyl adjacent to an activating group) is 1. The van der Waals surface area contributed by atoms with E-state index in [-0.39, 0.29) is 17.8 Å². The molecule has 0 spiro atoms. The van der Waals surface area contributed by atoms with Crippen molar-refractivity contribution in [2.75, 3.05) is 57.9 Å². The average molecular weight is 703 g/mol. The van der Waals surface area contributed by atoms with E-state index in [0.717, 1.165) is 36.5 Å². The predicted octanol–water partition coefficient (Wildman–Crippen LogP) is 7.77. The lowest BCUT2D eigenvalue weighted by molar-refractivity contribution is 0.0139. The quantitative estimate of drug-likeness (QED) is 0.156. The SMILES string of the molecule is C#CCCCOc1cc2nc(-c3ccc(OCCN(C)C(=O)OC(C)(C)C)cc3)cc(N3CC4CCN(C(=O)OC(C)(C)C)CC4C3)c2cc1F. The zero-order chi connectivity index (χ0) is 36.9. The van der Waals surface area contributed by atoms with Gasteiger partial charge in [0.25, 0.3) is 0 Å². The number of hydrogen-bond donors (Lipinski definition) is 0. The molecule has 0 radical (unpaired) electrons. The summed E-state index contributed by atoms with van der Waals surface area (Å²) < 4.78 is 38.3. The molecule has 2 amide bonds. The zero-order valence-corrected chi connectivity index (χ0v) is 31.0. The van der Waals surface area contributed by atoms with E-state index in [1.54, 1.807) is 13.1 Å². The number of nitrogens with zero attached hydrogens (tertiary/aromatic N) is 4. The van der Waals surface area contributed by atoms with Crippen LogP contribution in [0, 0.1) is 30.0 Å². The number of terminal acetylenes is 1. The molecule has 0 saturated carbocycles. The Morgan fingerprint density at radius 3 is 2.35 bits per heavy atom. The number of ether oxygens (including phenoxy) is 4. The molecule has 51 heavy (non-hydrogen) atoms. The number of carbonyl (C=O) groups is 2. The molecule has 274 valence electrons. The van der Waals surface area contributed by atoms with E-state index in [1.165, 1.54) is 11.0 Å². The number of amides is 2. The van der Waals surface area contributed by atoms with E-state index in [2.05, 4.69) is 10.8 Å². The van der Waals surface area contributed by atoms with Gasteiger partial charge >= 0.3 is 12.2 Å². The molecule has 2 aliphatic heterocycles. The van der Waals surface area contributed by atoms with Gasteiger partial charge in [0.1, 0.15) is 23.6 Å². The fourth-order valence-electron chi connectivity index (χ4n) is 6.40. The van der Waals surface area contributed by atoms with Crippen LogP contribution in [0.1, 0.15) is 60.8 Å². The molecular formula is C40H51FN4O6. The molecule has 2 unspecified atom stereocenters. The first-order chi connectivity index (χ1) is 24.1. The van der Waals surface area contributed by atoms with Crippen LogP contribution < -0.4 is 14.4 Å². The highest BCUT2D eigenvalue weighted by molar-refractivity contribution is 5.95. The highest BCUT2D eigenvalue weighted by Crippen LogP contribution is 2.40. The maximum atomic E-state index is 15.5. The van der Waals surface area contributed by atoms with E-state index in [0.29, 0.717) is 68.3 Å². The summed E-state index contributed by atoms with van der Waals surface area (Å²) in [7, 11) is 1.68. The molecule has 2 fully saturated rings. The Balaban J connectivity index is 1.37. The molecule has 2 saturated heterocycles. The molecule has 0 aliphatic carbocycles. The zero-order valence-electron chi connectivity index (χ0n) is 31.0. The second-order valence-electron chi connectivity index (χ2n) is 15.4. The van der Waals surface area contributed by atoms with E-state index < -0.39 is 23.1 Å². The number of anilines is 1. The van der Waals surface area contributed by atoms with Crippen LogP contribution in [0.3, 0.4) is 0 Å². The van der Waals surface area contributed by atoms with Crippen LogP contribution in [0.2, 0.25) is 0 Å². The molecule has 1 aromatic heterocycles. The number of rotatable bonds is 10. The molecule has 11 heteroatoms. The van der Waals surface area contributed by atoms with Crippen molar-refractivity contribution in [3.63, 3.8) is 0 Å². The Bertz CT molecular complexity index is 1740. The van der Waals surface area contributed by atoms with E-state index in [1.807, 2.05) is 76.8 Å². The van der Waals surface area contributed by atoms with Gasteiger partial charge in [-0.05, 0) is 103 Å². The minimum atomic E-state index is -0.570. The summed E-state index contributed by atoms with van der Waals surface area (Å²) in [5, 5.41) is 0.698. The first-order valence-electron chi connectivity index (χ1n) is 17.7. The van der Waals surface area contributed by atoms with E-state index in [9.17, 15) is 9.59 Å². The molecule has 3 heterocycles. The molecule has 0 bridgehead atoms. The Morgan fingerprint density at radius 1 is 0.961 bits per heavy atom. The van der Waals surface area contributed by atoms with Gasteiger partial charge < -0.3 is 33.6 Å². The molecule has 3 aromatic rings. The van der Waals surface area contributed by atoms with Gasteiger partial charge in [-0.2, -0.15) is 0 Å². The maximum Gasteiger partial charge on any atom is 0.410 e. The van der Waals surface area contributed by atoms with Crippen molar-refractivity contribution in [2.24, 2.45) is 11.8 Å². The standard InChI is InChI=1S/C40H51FN4O6/c1-9-10-11-19-49-36-23-34-31(21-32(36)41)35(45-24-28-16-17-44(25-29(28)26-45)38(47)51-40(5,6)7)22-33(42-34)27-12-14-30(15-13-27)48-20-18-43(8)37(46)50-39(2,3)4/h1,12-15,21-23,28-29H,10-11,16-20,24-26H2,2-8H3. The lowest BCUT2D eigenvalue weighted by Gasteiger charge is -2.35. The van der Waals surface area contributed by atoms with Gasteiger partial charge in [0.2, 0.25) is 0 Å². The summed E-state index contributed by atoms with van der Waals surface area (Å²) in [6.07, 6.45) is 6.73. The number of pyridine rings is 1. The van der Waals surface area contributed by atoms with Crippen molar-refractivity contribution in [2.45, 2.75) is 72.0 Å². The number of benzene rings is 2. The number of aromatic nitrogens is 1. The smallest absolute Gasteiger partial charge is 0.410 e. The molecule has 2 aliphatic rings. The van der Waals surface area contributed by atoms with Crippen molar-refractivity contribution in [1.29, 1.82) is 0 Å². The summed E-state index contributed by atoms with van der Waals surface area (Å²) in [4.78, 5) is 35.7. The lowest BCUT2D eigenvalue weighted by atomic mass is 9.89. The third-order valence-electron chi connectivity index (χ3n) is 8.91. The molecule has 5 rings (SSSR count). The van der Waals surface area contributed by atoms with Gasteiger partial charge in [-0.25, -0.2) is 19.0 Å². The molecular weight excluding hydrogens is 651 g/mol. The molecule has 2 aromatic carbocycles. The van der Waals surface area contributed by atoms with Crippen LogP contribution in [0.5, 0.6) is 11.5 Å². The molecule has 0 N–H and O–H groups in total. The van der Waals surface area contributed by atoms with Gasteiger partial charge in [0.05, 0.1) is 24.4 Å². The number of likely N-dealkylation sites (tertiary alicyclic amines) is 1. The first-order valence-corrected chi connectivity index (χ1v) is 17.7. The van der Waals surface area contributed by atoms with Gasteiger partial charge in [-0.1, -0.05) is 0 Å². The summed E-state index contributed by atoms with van der Waals surface area (Å²) in [6, 6.07) is 12.8. The number of hydrogen-bond acceptors (Lipinski definition) is 8. The Kier molecular flexibility index (Phi) is 11.5. The Labute approximate surface area is 301 Å². The normalized spacial score (nSPS) is 17.5. The van der Waals surface area contributed by atoms with Crippen molar-refractivity contribution in [3.05, 3.63) is 48.3 Å². The number of fused-ring (bicyclic) bond motifs is 2. The predicted molar refractivity (Wildman–Crippen MR) is 197 cm³/mol. The number of piperidine rings is 1. The molecule has 2 atom stereocenters. The first kappa shape index (κ1) is 37.5. The minimum absolute atomic E-state index is 0.137. The van der Waals surface area contributed by atoms with Crippen LogP contribution in [-0.4, -0.2) is 91.2 Å². The number of halogens is 1. The Hall–Kier alpha value is -4.72. The topological polar surface area (TPSA) is 93.7 Å². The van der Waals surface area contributed by atoms with Crippen molar-refractivity contribution >= 4 is 28.8 Å². The van der Waals surface area contributed by atoms with Gasteiger partial charge in [0.15, 0.2) is 11.6 Å². The summed E-state index contributed by atoms with van der Waals surface area (Å²) >= 11 is 0. The fourth-order valence-corrected chi connectivity index (χ4v) is 6.40. The third kappa shape index (κ3) is 9.96. The van der Waals surface area contributed by atoms with Gasteiger partial charge in [-0.3, -0.25) is 0 Å². The summed E-state index contributed by atoms with van der Waals surface area (Å²) in [6.45, 7) is 14.9. The summed E-state index contributed by atoms with van der Waals surface area (Å²) in [5.41, 5.74) is 1.97. The third-order valence-corrected chi connectivity index (χ3v) is 8.91. The van der Waals surface area contributed by atoms with Crippen LogP contribution in [0.15, 0.2) is 42.5 Å². The van der Waals surface area contributed by atoms with Gasteiger partial charge in [-0.15, -0.1) is 12.3 Å². The highest BCUT2D eigenvalue weighted by atomic mass is 19.1. The van der Waals surface area contributed by atoms with Crippen LogP contribution in [0.25, 0.3) is 22.2 Å². The lowest BCUT2D eigenvalue weighted by Crippen LogP contribution is -2.45. The monoisotopic (exact) mass is 702 g/mol. The van der Waals surface area contributed by atoms with Crippen molar-refractivity contribution in [3.8, 4) is 35.1 Å². The van der Waals surface area contributed by atoms with E-state index in [4.69, 9.17) is 30.4 Å². The summed E-state index contributed by atoms with van der Waals surface area (Å²) in [5.74, 6) is 3.57. The maximum absolute atomic E-state index is 15.5. The van der Waals surface area contributed by atoms with Gasteiger partial charge in [0, 0.05) is 62.4 Å². The highest BCUT2D eigenvalue weighted by Gasteiger charge is 2.40. The van der Waals surface area contributed by atoms with Crippen LogP contribution >= 0.6 is 0 Å². The minimum Gasteiger partial charge on any atom is -0.492 e.